The number of halogens is 1. The predicted octanol–water partition coefficient (Wildman–Crippen LogP) is 3.45. The Hall–Kier alpha value is -2.33. The second-order valence-corrected chi connectivity index (χ2v) is 5.02. The van der Waals surface area contributed by atoms with E-state index in [0.29, 0.717) is 29.4 Å². The van der Waals surface area contributed by atoms with Crippen molar-refractivity contribution in [3.05, 3.63) is 65.0 Å². The topological polar surface area (TPSA) is 55.1 Å². The number of carbonyl (C=O) groups is 1. The summed E-state index contributed by atoms with van der Waals surface area (Å²) in [5.41, 5.74) is 2.17. The largest absolute Gasteiger partial charge is 0.441 e. The Balaban J connectivity index is 1.58. The third kappa shape index (κ3) is 3.23. The van der Waals surface area contributed by atoms with Crippen LogP contribution in [0.2, 0.25) is 5.02 Å². The van der Waals surface area contributed by atoms with E-state index in [4.69, 9.17) is 16.0 Å². The number of nitrogens with one attached hydrogen (secondary N) is 1. The standard InChI is InChI=1S/C16H13ClN2O2/c17-12-7-5-11(6-8-12)16(20)18-10-9-15-19-13-3-1-2-4-14(13)21-15/h1-8H,9-10H2,(H,18,20). The van der Waals surface area contributed by atoms with E-state index in [2.05, 4.69) is 10.3 Å². The molecule has 1 amide bonds. The molecule has 2 aromatic carbocycles. The molecule has 1 aromatic heterocycles. The van der Waals surface area contributed by atoms with Gasteiger partial charge in [-0.05, 0) is 36.4 Å². The molecular formula is C16H13ClN2O2. The van der Waals surface area contributed by atoms with Crippen molar-refractivity contribution in [2.45, 2.75) is 6.42 Å². The predicted molar refractivity (Wildman–Crippen MR) is 81.5 cm³/mol. The molecule has 0 unspecified atom stereocenters. The zero-order valence-corrected chi connectivity index (χ0v) is 11.9. The van der Waals surface area contributed by atoms with Gasteiger partial charge in [0.05, 0.1) is 0 Å². The molecule has 106 valence electrons. The van der Waals surface area contributed by atoms with Crippen LogP contribution >= 0.6 is 11.6 Å². The van der Waals surface area contributed by atoms with E-state index >= 15 is 0 Å². The number of para-hydroxylation sites is 2. The first kappa shape index (κ1) is 13.6. The fourth-order valence-corrected chi connectivity index (χ4v) is 2.14. The third-order valence-corrected chi connectivity index (χ3v) is 3.32. The van der Waals surface area contributed by atoms with Gasteiger partial charge in [0.15, 0.2) is 11.5 Å². The highest BCUT2D eigenvalue weighted by Gasteiger charge is 2.07. The van der Waals surface area contributed by atoms with Crippen LogP contribution in [-0.4, -0.2) is 17.4 Å². The lowest BCUT2D eigenvalue weighted by Gasteiger charge is -2.03. The normalized spacial score (nSPS) is 10.7. The summed E-state index contributed by atoms with van der Waals surface area (Å²) in [4.78, 5) is 16.3. The first-order valence-corrected chi connectivity index (χ1v) is 6.98. The molecular weight excluding hydrogens is 288 g/mol. The Morgan fingerprint density at radius 2 is 1.90 bits per heavy atom. The molecule has 0 aliphatic heterocycles. The van der Waals surface area contributed by atoms with E-state index in [-0.39, 0.29) is 5.91 Å². The molecule has 5 heteroatoms. The van der Waals surface area contributed by atoms with Crippen LogP contribution in [0.3, 0.4) is 0 Å². The highest BCUT2D eigenvalue weighted by molar-refractivity contribution is 6.30. The van der Waals surface area contributed by atoms with Gasteiger partial charge >= 0.3 is 0 Å². The van der Waals surface area contributed by atoms with E-state index in [1.54, 1.807) is 24.3 Å². The van der Waals surface area contributed by atoms with E-state index in [9.17, 15) is 4.79 Å². The summed E-state index contributed by atoms with van der Waals surface area (Å²) in [6.07, 6.45) is 0.550. The minimum Gasteiger partial charge on any atom is -0.441 e. The molecule has 0 aliphatic carbocycles. The molecule has 3 aromatic rings. The SMILES string of the molecule is O=C(NCCc1nc2ccccc2o1)c1ccc(Cl)cc1. The van der Waals surface area contributed by atoms with Crippen molar-refractivity contribution >= 4 is 28.6 Å². The van der Waals surface area contributed by atoms with Gasteiger partial charge in [0.2, 0.25) is 0 Å². The Kier molecular flexibility index (Phi) is 3.88. The molecule has 0 saturated heterocycles. The van der Waals surface area contributed by atoms with Crippen LogP contribution in [0.25, 0.3) is 11.1 Å². The summed E-state index contributed by atoms with van der Waals surface area (Å²) in [5, 5.41) is 3.44. The van der Waals surface area contributed by atoms with E-state index < -0.39 is 0 Å². The molecule has 4 nitrogen and oxygen atoms in total. The first-order valence-electron chi connectivity index (χ1n) is 6.60. The van der Waals surface area contributed by atoms with Gasteiger partial charge in [-0.25, -0.2) is 4.98 Å². The van der Waals surface area contributed by atoms with Crippen molar-refractivity contribution < 1.29 is 9.21 Å². The molecule has 1 heterocycles. The quantitative estimate of drug-likeness (QED) is 0.803. The maximum absolute atomic E-state index is 11.9. The lowest BCUT2D eigenvalue weighted by molar-refractivity contribution is 0.0953. The van der Waals surface area contributed by atoms with Crippen molar-refractivity contribution in [2.75, 3.05) is 6.54 Å². The third-order valence-electron chi connectivity index (χ3n) is 3.07. The maximum Gasteiger partial charge on any atom is 0.251 e. The van der Waals surface area contributed by atoms with E-state index in [0.717, 1.165) is 11.1 Å². The minimum atomic E-state index is -0.136. The fourth-order valence-electron chi connectivity index (χ4n) is 2.01. The number of hydrogen-bond donors (Lipinski definition) is 1. The smallest absolute Gasteiger partial charge is 0.251 e. The molecule has 0 radical (unpaired) electrons. The zero-order chi connectivity index (χ0) is 14.7. The average Bonchev–Trinajstić information content (AvgIpc) is 2.90. The van der Waals surface area contributed by atoms with Gasteiger partial charge in [-0.3, -0.25) is 4.79 Å². The number of rotatable bonds is 4. The molecule has 0 fully saturated rings. The van der Waals surface area contributed by atoms with Crippen LogP contribution in [0, 0.1) is 0 Å². The van der Waals surface area contributed by atoms with Gasteiger partial charge in [0, 0.05) is 23.6 Å². The second kappa shape index (κ2) is 5.97. The van der Waals surface area contributed by atoms with Gasteiger partial charge in [-0.2, -0.15) is 0 Å². The number of carbonyl (C=O) groups excluding carboxylic acids is 1. The van der Waals surface area contributed by atoms with Gasteiger partial charge in [0.25, 0.3) is 5.91 Å². The Bertz CT molecular complexity index is 732. The van der Waals surface area contributed by atoms with Gasteiger partial charge in [-0.1, -0.05) is 23.7 Å². The number of oxazole rings is 1. The number of amides is 1. The Labute approximate surface area is 126 Å². The number of hydrogen-bond acceptors (Lipinski definition) is 3. The number of nitrogens with zero attached hydrogens (tertiary/aromatic N) is 1. The first-order chi connectivity index (χ1) is 10.2. The summed E-state index contributed by atoms with van der Waals surface area (Å²) >= 11 is 5.79. The molecule has 0 spiro atoms. The number of aromatic nitrogens is 1. The van der Waals surface area contributed by atoms with E-state index in [1.165, 1.54) is 0 Å². The van der Waals surface area contributed by atoms with Crippen molar-refractivity contribution in [1.29, 1.82) is 0 Å². The molecule has 0 atom stereocenters. The van der Waals surface area contributed by atoms with Crippen LogP contribution in [0.5, 0.6) is 0 Å². The summed E-state index contributed by atoms with van der Waals surface area (Å²) in [7, 11) is 0. The zero-order valence-electron chi connectivity index (χ0n) is 11.2. The number of fused-ring (bicyclic) bond motifs is 1. The maximum atomic E-state index is 11.9. The van der Waals surface area contributed by atoms with Crippen molar-refractivity contribution in [3.8, 4) is 0 Å². The summed E-state index contributed by atoms with van der Waals surface area (Å²) < 4.78 is 5.59. The summed E-state index contributed by atoms with van der Waals surface area (Å²) in [6, 6.07) is 14.4. The molecule has 3 rings (SSSR count). The highest BCUT2D eigenvalue weighted by atomic mass is 35.5. The molecule has 1 N–H and O–H groups in total. The lowest BCUT2D eigenvalue weighted by atomic mass is 10.2. The lowest BCUT2D eigenvalue weighted by Crippen LogP contribution is -2.25. The fraction of sp³-hybridized carbons (Fsp3) is 0.125. The van der Waals surface area contributed by atoms with Crippen LogP contribution in [0.1, 0.15) is 16.2 Å². The van der Waals surface area contributed by atoms with Crippen LogP contribution in [-0.2, 0) is 6.42 Å². The summed E-state index contributed by atoms with van der Waals surface area (Å²) in [5.74, 6) is 0.482. The molecule has 21 heavy (non-hydrogen) atoms. The van der Waals surface area contributed by atoms with Gasteiger partial charge in [-0.15, -0.1) is 0 Å². The molecule has 0 bridgehead atoms. The molecule has 0 aliphatic rings. The summed E-state index contributed by atoms with van der Waals surface area (Å²) in [6.45, 7) is 0.467. The monoisotopic (exact) mass is 300 g/mol. The number of benzene rings is 2. The second-order valence-electron chi connectivity index (χ2n) is 4.59. The van der Waals surface area contributed by atoms with Gasteiger partial charge < -0.3 is 9.73 Å². The van der Waals surface area contributed by atoms with Crippen molar-refractivity contribution in [1.82, 2.24) is 10.3 Å². The highest BCUT2D eigenvalue weighted by Crippen LogP contribution is 2.14. The van der Waals surface area contributed by atoms with Crippen molar-refractivity contribution in [2.24, 2.45) is 0 Å². The Morgan fingerprint density at radius 3 is 2.67 bits per heavy atom. The van der Waals surface area contributed by atoms with E-state index in [1.807, 2.05) is 24.3 Å². The van der Waals surface area contributed by atoms with Crippen LogP contribution in [0.4, 0.5) is 0 Å². The molecule has 0 saturated carbocycles. The van der Waals surface area contributed by atoms with Crippen molar-refractivity contribution in [3.63, 3.8) is 0 Å². The minimum absolute atomic E-state index is 0.136. The average molecular weight is 301 g/mol. The Morgan fingerprint density at radius 1 is 1.14 bits per heavy atom. The van der Waals surface area contributed by atoms with Gasteiger partial charge in [0.1, 0.15) is 5.52 Å². The van der Waals surface area contributed by atoms with Crippen LogP contribution in [0.15, 0.2) is 52.9 Å². The van der Waals surface area contributed by atoms with Crippen LogP contribution < -0.4 is 5.32 Å².